The highest BCUT2D eigenvalue weighted by Gasteiger charge is 2.44. The molecule has 0 bridgehead atoms. The fraction of sp³-hybridized carbons (Fsp3) is 0.360. The molecule has 2 aliphatic heterocycles. The summed E-state index contributed by atoms with van der Waals surface area (Å²) in [6, 6.07) is 11.5. The Hall–Kier alpha value is -2.87. The number of methoxy groups -OCH3 is 1. The fourth-order valence-corrected chi connectivity index (χ4v) is 4.61. The molecule has 2 fully saturated rings. The highest BCUT2D eigenvalue weighted by Crippen LogP contribution is 2.39. The van der Waals surface area contributed by atoms with Gasteiger partial charge in [0.1, 0.15) is 18.8 Å². The zero-order valence-electron chi connectivity index (χ0n) is 18.7. The number of nitrogens with zero attached hydrogens (tertiary/aromatic N) is 1. The summed E-state index contributed by atoms with van der Waals surface area (Å²) in [7, 11) is 1.48. The average Bonchev–Trinajstić information content (AvgIpc) is 3.08. The summed E-state index contributed by atoms with van der Waals surface area (Å²) < 4.78 is 10.6. The second kappa shape index (κ2) is 9.95. The molecule has 2 aliphatic rings. The van der Waals surface area contributed by atoms with Crippen molar-refractivity contribution >= 4 is 29.1 Å². The molecule has 0 spiro atoms. The Morgan fingerprint density at radius 2 is 1.88 bits per heavy atom. The van der Waals surface area contributed by atoms with Crippen molar-refractivity contribution in [3.8, 4) is 5.75 Å². The summed E-state index contributed by atoms with van der Waals surface area (Å²) in [5.41, 5.74) is 1.99. The predicted octanol–water partition coefficient (Wildman–Crippen LogP) is 0.796. The van der Waals surface area contributed by atoms with Gasteiger partial charge in [0, 0.05) is 5.57 Å². The molecule has 2 heterocycles. The summed E-state index contributed by atoms with van der Waals surface area (Å²) in [4.78, 5) is 29.0. The third-order valence-corrected chi connectivity index (χ3v) is 6.54. The number of ketones is 1. The molecule has 4 rings (SSSR count). The molecule has 0 saturated carbocycles. The molecule has 1 unspecified atom stereocenters. The maximum Gasteiger partial charge on any atom is 0.295 e. The predicted molar refractivity (Wildman–Crippen MR) is 122 cm³/mol. The van der Waals surface area contributed by atoms with Gasteiger partial charge < -0.3 is 24.4 Å². The van der Waals surface area contributed by atoms with Gasteiger partial charge in [0.25, 0.3) is 5.91 Å². The minimum Gasteiger partial charge on any atom is -0.872 e. The van der Waals surface area contributed by atoms with Crippen molar-refractivity contribution in [3.05, 3.63) is 69.8 Å². The number of rotatable bonds is 6. The van der Waals surface area contributed by atoms with Gasteiger partial charge in [0.05, 0.1) is 44.5 Å². The number of likely N-dealkylation sites (tertiary alicyclic amines) is 1. The van der Waals surface area contributed by atoms with E-state index in [1.54, 1.807) is 12.1 Å². The Morgan fingerprint density at radius 1 is 1.18 bits per heavy atom. The van der Waals surface area contributed by atoms with Crippen LogP contribution in [0.1, 0.15) is 22.7 Å². The average molecular weight is 471 g/mol. The van der Waals surface area contributed by atoms with E-state index in [1.165, 1.54) is 23.0 Å². The van der Waals surface area contributed by atoms with Crippen molar-refractivity contribution in [1.82, 2.24) is 4.90 Å². The molecule has 2 aromatic rings. The lowest BCUT2D eigenvalue weighted by atomic mass is 9.94. The van der Waals surface area contributed by atoms with E-state index in [9.17, 15) is 14.7 Å². The number of hydrogen-bond donors (Lipinski definition) is 1. The van der Waals surface area contributed by atoms with Gasteiger partial charge >= 0.3 is 0 Å². The van der Waals surface area contributed by atoms with Crippen LogP contribution in [0, 0.1) is 6.92 Å². The number of morpholine rings is 1. The van der Waals surface area contributed by atoms with Gasteiger partial charge in [-0.15, -0.1) is 0 Å². The molecule has 2 aromatic carbocycles. The molecule has 1 amide bonds. The molecule has 2 saturated heterocycles. The van der Waals surface area contributed by atoms with Crippen LogP contribution in [0.25, 0.3) is 5.76 Å². The van der Waals surface area contributed by atoms with Crippen molar-refractivity contribution in [3.63, 3.8) is 0 Å². The van der Waals surface area contributed by atoms with E-state index in [2.05, 4.69) is 0 Å². The van der Waals surface area contributed by atoms with Gasteiger partial charge in [0.15, 0.2) is 0 Å². The van der Waals surface area contributed by atoms with Crippen molar-refractivity contribution in [1.29, 1.82) is 0 Å². The number of amides is 1. The standard InChI is InChI=1S/C25H27ClN2O5/c1-16-3-5-17(6-4-16)22-21(23(29)18-7-8-20(32-2)19(26)15-18)24(30)25(31)28(22)10-9-27-11-13-33-14-12-27/h3-8,15,22,29H,9-14H2,1-2H3/b23-21+. The largest absolute Gasteiger partial charge is 0.872 e. The number of ether oxygens (including phenoxy) is 2. The van der Waals surface area contributed by atoms with E-state index in [0.29, 0.717) is 32.1 Å². The van der Waals surface area contributed by atoms with Crippen LogP contribution in [0.2, 0.25) is 5.02 Å². The minimum atomic E-state index is -0.755. The molecule has 1 N–H and O–H groups in total. The van der Waals surface area contributed by atoms with E-state index in [4.69, 9.17) is 21.1 Å². The van der Waals surface area contributed by atoms with Gasteiger partial charge in [-0.3, -0.25) is 9.59 Å². The Kier molecular flexibility index (Phi) is 7.02. The first-order chi connectivity index (χ1) is 15.9. The van der Waals surface area contributed by atoms with Gasteiger partial charge in [0.2, 0.25) is 5.78 Å². The molecule has 174 valence electrons. The van der Waals surface area contributed by atoms with E-state index < -0.39 is 23.5 Å². The number of benzene rings is 2. The number of Topliss-reactive ketones (excluding diaryl/α,β-unsaturated/α-hetero) is 1. The van der Waals surface area contributed by atoms with Crippen LogP contribution in [0.3, 0.4) is 0 Å². The molecule has 1 atom stereocenters. The molecule has 7 nitrogen and oxygen atoms in total. The van der Waals surface area contributed by atoms with Crippen LogP contribution in [0.15, 0.2) is 48.0 Å². The van der Waals surface area contributed by atoms with Crippen LogP contribution < -0.4 is 14.7 Å². The van der Waals surface area contributed by atoms with Crippen molar-refractivity contribution in [2.45, 2.75) is 13.0 Å². The van der Waals surface area contributed by atoms with Crippen LogP contribution in [0.5, 0.6) is 5.75 Å². The Balaban J connectivity index is 1.74. The Morgan fingerprint density at radius 3 is 2.52 bits per heavy atom. The van der Waals surface area contributed by atoms with E-state index in [-0.39, 0.29) is 16.2 Å². The van der Waals surface area contributed by atoms with E-state index in [1.807, 2.05) is 31.2 Å². The maximum absolute atomic E-state index is 13.5. The number of nitrogens with one attached hydrogen (secondary N) is 1. The summed E-state index contributed by atoms with van der Waals surface area (Å²) in [6.07, 6.45) is 0. The molecule has 33 heavy (non-hydrogen) atoms. The minimum absolute atomic E-state index is 0.0398. The SMILES string of the molecule is COc1ccc(/C([O-])=C2\C(=O)C(=O)N(CC[NH+]3CCOCC3)C2c2ccc(C)cc2)cc1Cl. The topological polar surface area (TPSA) is 83.3 Å². The normalized spacial score (nSPS) is 20.9. The van der Waals surface area contributed by atoms with E-state index >= 15 is 0 Å². The summed E-state index contributed by atoms with van der Waals surface area (Å²) in [6.45, 7) is 6.08. The molecular formula is C25H27ClN2O5. The summed E-state index contributed by atoms with van der Waals surface area (Å²) in [5.74, 6) is -1.47. The maximum atomic E-state index is 13.5. The first-order valence-electron chi connectivity index (χ1n) is 11.0. The van der Waals surface area contributed by atoms with Crippen LogP contribution in [0.4, 0.5) is 0 Å². The van der Waals surface area contributed by atoms with Gasteiger partial charge in [-0.2, -0.15) is 0 Å². The number of halogens is 1. The smallest absolute Gasteiger partial charge is 0.295 e. The molecule has 0 aliphatic carbocycles. The molecule has 0 radical (unpaired) electrons. The van der Waals surface area contributed by atoms with E-state index in [0.717, 1.165) is 24.2 Å². The zero-order valence-corrected chi connectivity index (χ0v) is 19.5. The Labute approximate surface area is 198 Å². The lowest BCUT2D eigenvalue weighted by molar-refractivity contribution is -0.907. The second-order valence-electron chi connectivity index (χ2n) is 8.35. The third-order valence-electron chi connectivity index (χ3n) is 6.24. The first kappa shape index (κ1) is 23.3. The highest BCUT2D eigenvalue weighted by atomic mass is 35.5. The monoisotopic (exact) mass is 470 g/mol. The number of hydrogen-bond acceptors (Lipinski definition) is 5. The van der Waals surface area contributed by atoms with Crippen molar-refractivity contribution in [2.75, 3.05) is 46.5 Å². The lowest BCUT2D eigenvalue weighted by Crippen LogP contribution is -3.14. The third kappa shape index (κ3) is 4.76. The second-order valence-corrected chi connectivity index (χ2v) is 8.75. The Bertz CT molecular complexity index is 1080. The number of quaternary nitrogens is 1. The summed E-state index contributed by atoms with van der Waals surface area (Å²) >= 11 is 6.22. The van der Waals surface area contributed by atoms with Crippen molar-refractivity contribution in [2.24, 2.45) is 0 Å². The fourth-order valence-electron chi connectivity index (χ4n) is 4.35. The van der Waals surface area contributed by atoms with Crippen LogP contribution in [-0.4, -0.2) is 63.1 Å². The molecule has 8 heteroatoms. The summed E-state index contributed by atoms with van der Waals surface area (Å²) in [5, 5.41) is 13.8. The first-order valence-corrected chi connectivity index (χ1v) is 11.4. The number of carbonyl (C=O) groups excluding carboxylic acids is 2. The van der Waals surface area contributed by atoms with Crippen LogP contribution in [-0.2, 0) is 14.3 Å². The number of aryl methyl sites for hydroxylation is 1. The van der Waals surface area contributed by atoms with Gasteiger partial charge in [-0.1, -0.05) is 53.3 Å². The van der Waals surface area contributed by atoms with Gasteiger partial charge in [-0.05, 0) is 30.2 Å². The van der Waals surface area contributed by atoms with Gasteiger partial charge in [-0.25, -0.2) is 0 Å². The lowest BCUT2D eigenvalue weighted by Gasteiger charge is -2.30. The molecular weight excluding hydrogens is 444 g/mol. The highest BCUT2D eigenvalue weighted by molar-refractivity contribution is 6.46. The van der Waals surface area contributed by atoms with Crippen molar-refractivity contribution < 1.29 is 29.1 Å². The quantitative estimate of drug-likeness (QED) is 0.383. The molecule has 0 aromatic heterocycles. The zero-order chi connectivity index (χ0) is 23.5. The van der Waals surface area contributed by atoms with Crippen LogP contribution >= 0.6 is 11.6 Å². The number of carbonyl (C=O) groups is 2.